The van der Waals surface area contributed by atoms with Crippen molar-refractivity contribution in [3.8, 4) is 0 Å². The van der Waals surface area contributed by atoms with Crippen LogP contribution in [0.25, 0.3) is 0 Å². The van der Waals surface area contributed by atoms with Gasteiger partial charge in [-0.2, -0.15) is 0 Å². The monoisotopic (exact) mass is 261 g/mol. The van der Waals surface area contributed by atoms with E-state index in [1.807, 2.05) is 6.92 Å². The van der Waals surface area contributed by atoms with Crippen LogP contribution in [0.4, 0.5) is 0 Å². The van der Waals surface area contributed by atoms with E-state index in [9.17, 15) is 13.2 Å². The van der Waals surface area contributed by atoms with Gasteiger partial charge in [0.1, 0.15) is 9.84 Å². The van der Waals surface area contributed by atoms with Crippen LogP contribution < -0.4 is 0 Å². The second-order valence-electron chi connectivity index (χ2n) is 5.16. The van der Waals surface area contributed by atoms with Gasteiger partial charge in [-0.3, -0.25) is 4.79 Å². The van der Waals surface area contributed by atoms with Gasteiger partial charge in [-0.15, -0.1) is 0 Å². The van der Waals surface area contributed by atoms with E-state index in [0.717, 1.165) is 19.2 Å². The van der Waals surface area contributed by atoms with Crippen molar-refractivity contribution in [3.05, 3.63) is 0 Å². The number of carbonyl (C=O) groups is 1. The van der Waals surface area contributed by atoms with Crippen LogP contribution in [0.2, 0.25) is 0 Å². The van der Waals surface area contributed by atoms with Crippen LogP contribution in [0, 0.1) is 5.92 Å². The molecule has 2 fully saturated rings. The molecule has 0 aromatic rings. The third-order valence-corrected chi connectivity index (χ3v) is 4.41. The molecule has 3 atom stereocenters. The molecule has 5 nitrogen and oxygen atoms in total. The molecule has 98 valence electrons. The standard InChI is InChI=1S/C11H19NO4S/c1-8-5-9-6-12(7-10(9)16-8)11(13)3-4-17(2,14)15/h8-10H,3-7H2,1-2H3/t8-,9+,10-/m0/s1. The Balaban J connectivity index is 1.83. The molecule has 2 rings (SSSR count). The SMILES string of the molecule is C[C@H]1C[C@@H]2CN(C(=O)CCS(C)(=O)=O)C[C@@H]2O1. The van der Waals surface area contributed by atoms with Gasteiger partial charge in [0, 0.05) is 31.7 Å². The van der Waals surface area contributed by atoms with Crippen LogP contribution in [0.5, 0.6) is 0 Å². The van der Waals surface area contributed by atoms with Gasteiger partial charge in [-0.05, 0) is 13.3 Å². The van der Waals surface area contributed by atoms with Crippen LogP contribution >= 0.6 is 0 Å². The lowest BCUT2D eigenvalue weighted by molar-refractivity contribution is -0.130. The first kappa shape index (κ1) is 12.8. The number of rotatable bonds is 3. The maximum absolute atomic E-state index is 11.8. The number of nitrogens with zero attached hydrogens (tertiary/aromatic N) is 1. The average Bonchev–Trinajstić information content (AvgIpc) is 2.69. The zero-order valence-electron chi connectivity index (χ0n) is 10.3. The minimum absolute atomic E-state index is 0.0606. The lowest BCUT2D eigenvalue weighted by atomic mass is 10.0. The van der Waals surface area contributed by atoms with Crippen LogP contribution in [0.15, 0.2) is 0 Å². The molecule has 0 radical (unpaired) electrons. The number of fused-ring (bicyclic) bond motifs is 1. The van der Waals surface area contributed by atoms with Crippen molar-refractivity contribution in [1.29, 1.82) is 0 Å². The molecule has 0 N–H and O–H groups in total. The van der Waals surface area contributed by atoms with Gasteiger partial charge < -0.3 is 9.64 Å². The van der Waals surface area contributed by atoms with Crippen molar-refractivity contribution < 1.29 is 17.9 Å². The molecule has 0 aromatic carbocycles. The number of ether oxygens (including phenoxy) is 1. The summed E-state index contributed by atoms with van der Waals surface area (Å²) in [6.07, 6.45) is 2.70. The van der Waals surface area contributed by atoms with Crippen molar-refractivity contribution in [1.82, 2.24) is 4.90 Å². The molecule has 2 aliphatic heterocycles. The van der Waals surface area contributed by atoms with Crippen LogP contribution in [0.1, 0.15) is 19.8 Å². The smallest absolute Gasteiger partial charge is 0.223 e. The van der Waals surface area contributed by atoms with Crippen LogP contribution in [-0.4, -0.2) is 56.5 Å². The number of amides is 1. The fourth-order valence-corrected chi connectivity index (χ4v) is 3.18. The first-order valence-electron chi connectivity index (χ1n) is 5.96. The van der Waals surface area contributed by atoms with Gasteiger partial charge in [-0.25, -0.2) is 8.42 Å². The Morgan fingerprint density at radius 3 is 2.71 bits per heavy atom. The van der Waals surface area contributed by atoms with E-state index in [1.165, 1.54) is 0 Å². The van der Waals surface area contributed by atoms with Gasteiger partial charge in [-0.1, -0.05) is 0 Å². The fraction of sp³-hybridized carbons (Fsp3) is 0.909. The molecule has 6 heteroatoms. The summed E-state index contributed by atoms with van der Waals surface area (Å²) in [6, 6.07) is 0. The zero-order chi connectivity index (χ0) is 12.6. The fourth-order valence-electron chi connectivity index (χ4n) is 2.64. The molecule has 0 aliphatic carbocycles. The summed E-state index contributed by atoms with van der Waals surface area (Å²) < 4.78 is 27.7. The predicted molar refractivity (Wildman–Crippen MR) is 63.3 cm³/mol. The highest BCUT2D eigenvalue weighted by atomic mass is 32.2. The summed E-state index contributed by atoms with van der Waals surface area (Å²) in [6.45, 7) is 3.39. The largest absolute Gasteiger partial charge is 0.373 e. The Bertz CT molecular complexity index is 392. The molecule has 2 saturated heterocycles. The summed E-state index contributed by atoms with van der Waals surface area (Å²) in [7, 11) is -3.05. The minimum Gasteiger partial charge on any atom is -0.373 e. The first-order valence-corrected chi connectivity index (χ1v) is 8.02. The molecule has 0 unspecified atom stereocenters. The highest BCUT2D eigenvalue weighted by molar-refractivity contribution is 7.90. The summed E-state index contributed by atoms with van der Waals surface area (Å²) in [4.78, 5) is 13.6. The molecule has 1 amide bonds. The van der Waals surface area contributed by atoms with Gasteiger partial charge in [0.2, 0.25) is 5.91 Å². The van der Waals surface area contributed by atoms with Crippen molar-refractivity contribution >= 4 is 15.7 Å². The van der Waals surface area contributed by atoms with Crippen molar-refractivity contribution in [3.63, 3.8) is 0 Å². The Kier molecular flexibility index (Phi) is 3.45. The van der Waals surface area contributed by atoms with Gasteiger partial charge >= 0.3 is 0 Å². The van der Waals surface area contributed by atoms with E-state index in [4.69, 9.17) is 4.74 Å². The molecule has 0 bridgehead atoms. The summed E-state index contributed by atoms with van der Waals surface area (Å²) in [5, 5.41) is 0. The first-order chi connectivity index (χ1) is 7.85. The number of hydrogen-bond acceptors (Lipinski definition) is 4. The Morgan fingerprint density at radius 1 is 1.41 bits per heavy atom. The number of hydrogen-bond donors (Lipinski definition) is 0. The van der Waals surface area contributed by atoms with Crippen molar-refractivity contribution in [2.24, 2.45) is 5.92 Å². The molecular weight excluding hydrogens is 242 g/mol. The summed E-state index contributed by atoms with van der Waals surface area (Å²) in [5.41, 5.74) is 0. The summed E-state index contributed by atoms with van der Waals surface area (Å²) >= 11 is 0. The molecule has 0 saturated carbocycles. The van der Waals surface area contributed by atoms with E-state index in [-0.39, 0.29) is 24.2 Å². The van der Waals surface area contributed by atoms with Crippen LogP contribution in [-0.2, 0) is 19.4 Å². The predicted octanol–water partition coefficient (Wildman–Crippen LogP) is 0.0569. The highest BCUT2D eigenvalue weighted by Crippen LogP contribution is 2.32. The normalized spacial score (nSPS) is 32.8. The van der Waals surface area contributed by atoms with Crippen LogP contribution in [0.3, 0.4) is 0 Å². The zero-order valence-corrected chi connectivity index (χ0v) is 11.1. The highest BCUT2D eigenvalue weighted by Gasteiger charge is 2.41. The Morgan fingerprint density at radius 2 is 2.12 bits per heavy atom. The molecule has 0 aromatic heterocycles. The third kappa shape index (κ3) is 3.19. The second-order valence-corrected chi connectivity index (χ2v) is 7.42. The molecule has 2 aliphatic rings. The lowest BCUT2D eigenvalue weighted by Gasteiger charge is -2.18. The van der Waals surface area contributed by atoms with E-state index in [0.29, 0.717) is 18.6 Å². The molecule has 0 spiro atoms. The van der Waals surface area contributed by atoms with E-state index < -0.39 is 9.84 Å². The maximum atomic E-state index is 11.8. The van der Waals surface area contributed by atoms with Gasteiger partial charge in [0.25, 0.3) is 0 Å². The van der Waals surface area contributed by atoms with E-state index >= 15 is 0 Å². The van der Waals surface area contributed by atoms with E-state index in [1.54, 1.807) is 4.90 Å². The van der Waals surface area contributed by atoms with Crippen molar-refractivity contribution in [2.45, 2.75) is 32.0 Å². The number of sulfone groups is 1. The third-order valence-electron chi connectivity index (χ3n) is 3.46. The van der Waals surface area contributed by atoms with Gasteiger partial charge in [0.05, 0.1) is 18.0 Å². The molecule has 17 heavy (non-hydrogen) atoms. The van der Waals surface area contributed by atoms with Crippen molar-refractivity contribution in [2.75, 3.05) is 25.1 Å². The summed E-state index contributed by atoms with van der Waals surface area (Å²) in [5.74, 6) is 0.308. The number of carbonyl (C=O) groups excluding carboxylic acids is 1. The van der Waals surface area contributed by atoms with E-state index in [2.05, 4.69) is 0 Å². The topological polar surface area (TPSA) is 63.7 Å². The Labute approximate surface area is 102 Å². The maximum Gasteiger partial charge on any atom is 0.223 e. The average molecular weight is 261 g/mol. The lowest BCUT2D eigenvalue weighted by Crippen LogP contribution is -2.32. The Hall–Kier alpha value is -0.620. The number of likely N-dealkylation sites (tertiary alicyclic amines) is 1. The molecule has 2 heterocycles. The second kappa shape index (κ2) is 4.57. The minimum atomic E-state index is -3.05. The van der Waals surface area contributed by atoms with Gasteiger partial charge in [0.15, 0.2) is 0 Å². The quantitative estimate of drug-likeness (QED) is 0.720. The molecular formula is C11H19NO4S.